The van der Waals surface area contributed by atoms with E-state index in [-0.39, 0.29) is 12.0 Å². The molecule has 0 spiro atoms. The molecule has 0 saturated carbocycles. The highest BCUT2D eigenvalue weighted by Gasteiger charge is 2.63. The van der Waals surface area contributed by atoms with E-state index in [1.165, 1.54) is 19.1 Å². The molecule has 7 heteroatoms. The molecule has 0 aromatic heterocycles. The van der Waals surface area contributed by atoms with Crippen molar-refractivity contribution in [2.75, 3.05) is 14.2 Å². The monoisotopic (exact) mass is 337 g/mol. The van der Waals surface area contributed by atoms with Crippen molar-refractivity contribution in [3.63, 3.8) is 0 Å². The number of rotatable bonds is 7. The highest BCUT2D eigenvalue weighted by Crippen LogP contribution is 2.39. The van der Waals surface area contributed by atoms with Crippen LogP contribution < -0.4 is 5.32 Å². The molecular weight excluding hydrogens is 314 g/mol. The second kappa shape index (κ2) is 7.92. The summed E-state index contributed by atoms with van der Waals surface area (Å²) in [5.41, 5.74) is -4.35. The molecule has 24 heavy (non-hydrogen) atoms. The molecule has 1 rings (SSSR count). The fourth-order valence-electron chi connectivity index (χ4n) is 2.85. The molecule has 2 N–H and O–H groups in total. The van der Waals surface area contributed by atoms with E-state index >= 15 is 0 Å². The Balaban J connectivity index is 3.76. The predicted octanol–water partition coefficient (Wildman–Crippen LogP) is 0.895. The first-order chi connectivity index (χ1) is 11.3. The number of nitrogens with one attached hydrogen (secondary N) is 1. The Morgan fingerprint density at radius 3 is 2.04 bits per heavy atom. The van der Waals surface area contributed by atoms with Gasteiger partial charge in [-0.3, -0.25) is 4.79 Å². The van der Waals surface area contributed by atoms with Crippen molar-refractivity contribution in [2.24, 2.45) is 0 Å². The molecule has 0 aliphatic heterocycles. The number of aliphatic hydroxyl groups is 1. The molecule has 2 atom stereocenters. The van der Waals surface area contributed by atoms with Gasteiger partial charge in [-0.25, -0.2) is 9.59 Å². The van der Waals surface area contributed by atoms with Gasteiger partial charge in [0.25, 0.3) is 0 Å². The first-order valence-corrected chi connectivity index (χ1v) is 7.53. The molecule has 0 fully saturated rings. The molecule has 0 radical (unpaired) electrons. The van der Waals surface area contributed by atoms with Gasteiger partial charge in [-0.1, -0.05) is 43.7 Å². The lowest BCUT2D eigenvalue weighted by molar-refractivity contribution is -0.188. The zero-order chi connectivity index (χ0) is 18.4. The third-order valence-corrected chi connectivity index (χ3v) is 3.84. The van der Waals surface area contributed by atoms with E-state index in [9.17, 15) is 19.5 Å². The van der Waals surface area contributed by atoms with Crippen molar-refractivity contribution in [1.29, 1.82) is 0 Å². The number of hydrogen-bond acceptors (Lipinski definition) is 6. The first kappa shape index (κ1) is 19.6. The summed E-state index contributed by atoms with van der Waals surface area (Å²) in [5, 5.41) is 13.8. The van der Waals surface area contributed by atoms with E-state index < -0.39 is 29.0 Å². The zero-order valence-corrected chi connectivity index (χ0v) is 14.3. The minimum Gasteiger partial charge on any atom is -0.467 e. The normalized spacial score (nSPS) is 15.5. The fourth-order valence-corrected chi connectivity index (χ4v) is 2.85. The molecule has 1 amide bonds. The van der Waals surface area contributed by atoms with E-state index in [1.54, 1.807) is 25.1 Å². The van der Waals surface area contributed by atoms with Gasteiger partial charge in [0, 0.05) is 6.92 Å². The molecule has 1 aromatic rings. The van der Waals surface area contributed by atoms with Crippen molar-refractivity contribution in [3.8, 4) is 0 Å². The van der Waals surface area contributed by atoms with Crippen molar-refractivity contribution >= 4 is 17.8 Å². The van der Waals surface area contributed by atoms with E-state index in [0.717, 1.165) is 14.2 Å². The van der Waals surface area contributed by atoms with Crippen LogP contribution in [0.2, 0.25) is 0 Å². The first-order valence-electron chi connectivity index (χ1n) is 7.53. The summed E-state index contributed by atoms with van der Waals surface area (Å²) in [7, 11) is 2.22. The average molecular weight is 337 g/mol. The van der Waals surface area contributed by atoms with Gasteiger partial charge in [0.15, 0.2) is 5.54 Å². The Hall–Kier alpha value is -2.41. The largest absolute Gasteiger partial charge is 0.467 e. The summed E-state index contributed by atoms with van der Waals surface area (Å²) >= 11 is 0. The Morgan fingerprint density at radius 2 is 1.62 bits per heavy atom. The number of ether oxygens (including phenoxy) is 2. The van der Waals surface area contributed by atoms with E-state index in [1.807, 2.05) is 0 Å². The van der Waals surface area contributed by atoms with Crippen LogP contribution in [0.1, 0.15) is 32.3 Å². The minimum atomic E-state index is -2.45. The molecule has 7 nitrogen and oxygen atoms in total. The molecule has 132 valence electrons. The summed E-state index contributed by atoms with van der Waals surface area (Å²) in [5.74, 6) is -2.59. The van der Waals surface area contributed by atoms with Crippen LogP contribution in [-0.4, -0.2) is 42.7 Å². The molecule has 0 heterocycles. The van der Waals surface area contributed by atoms with Gasteiger partial charge in [0.2, 0.25) is 11.5 Å². The van der Waals surface area contributed by atoms with Crippen LogP contribution in [0.15, 0.2) is 30.3 Å². The van der Waals surface area contributed by atoms with Crippen LogP contribution >= 0.6 is 0 Å². The predicted molar refractivity (Wildman–Crippen MR) is 85.8 cm³/mol. The van der Waals surface area contributed by atoms with Crippen LogP contribution in [0.3, 0.4) is 0 Å². The smallest absolute Gasteiger partial charge is 0.345 e. The van der Waals surface area contributed by atoms with E-state index in [4.69, 9.17) is 9.47 Å². The summed E-state index contributed by atoms with van der Waals surface area (Å²) in [6, 6.07) is 7.85. The summed E-state index contributed by atoms with van der Waals surface area (Å²) in [6.07, 6.45) is 0.362. The lowest BCUT2D eigenvalue weighted by Crippen LogP contribution is -2.70. The lowest BCUT2D eigenvalue weighted by Gasteiger charge is -2.43. The summed E-state index contributed by atoms with van der Waals surface area (Å²) in [6.45, 7) is 2.94. The van der Waals surface area contributed by atoms with Gasteiger partial charge < -0.3 is 19.9 Å². The van der Waals surface area contributed by atoms with Gasteiger partial charge in [0.1, 0.15) is 0 Å². The van der Waals surface area contributed by atoms with Crippen LogP contribution in [0.5, 0.6) is 0 Å². The third-order valence-electron chi connectivity index (χ3n) is 3.84. The Morgan fingerprint density at radius 1 is 1.08 bits per heavy atom. The number of amides is 1. The quantitative estimate of drug-likeness (QED) is 0.717. The van der Waals surface area contributed by atoms with Crippen molar-refractivity contribution in [3.05, 3.63) is 35.9 Å². The molecule has 0 saturated heterocycles. The minimum absolute atomic E-state index is 0.0280. The van der Waals surface area contributed by atoms with Crippen LogP contribution in [0, 0.1) is 0 Å². The standard InChI is InChI=1S/C17H23NO6/c1-5-11-16(14(20)23-3,18-12(2)19)17(22,15(21)24-4)13-9-7-6-8-10-13/h6-10,22H,5,11H2,1-4H3,(H,18,19)/t16-,17+/m0/s1. The van der Waals surface area contributed by atoms with Crippen molar-refractivity contribution in [1.82, 2.24) is 5.32 Å². The fraction of sp³-hybridized carbons (Fsp3) is 0.471. The number of hydrogen-bond donors (Lipinski definition) is 2. The number of methoxy groups -OCH3 is 2. The second-order valence-corrected chi connectivity index (χ2v) is 5.40. The average Bonchev–Trinajstić information content (AvgIpc) is 2.59. The van der Waals surface area contributed by atoms with Crippen molar-refractivity contribution < 1.29 is 29.0 Å². The van der Waals surface area contributed by atoms with Crippen LogP contribution in [0.4, 0.5) is 0 Å². The Bertz CT molecular complexity index is 602. The van der Waals surface area contributed by atoms with E-state index in [2.05, 4.69) is 5.32 Å². The summed E-state index contributed by atoms with van der Waals surface area (Å²) in [4.78, 5) is 36.9. The van der Waals surface area contributed by atoms with Gasteiger partial charge in [-0.2, -0.15) is 0 Å². The molecule has 0 aliphatic rings. The Kier molecular flexibility index (Phi) is 6.48. The van der Waals surface area contributed by atoms with Gasteiger partial charge in [0.05, 0.1) is 14.2 Å². The van der Waals surface area contributed by atoms with Gasteiger partial charge in [-0.15, -0.1) is 0 Å². The maximum Gasteiger partial charge on any atom is 0.345 e. The van der Waals surface area contributed by atoms with Crippen molar-refractivity contribution in [2.45, 2.75) is 37.8 Å². The maximum absolute atomic E-state index is 12.6. The van der Waals surface area contributed by atoms with Crippen LogP contribution in [-0.2, 0) is 29.5 Å². The molecule has 0 unspecified atom stereocenters. The SMILES string of the molecule is CCC[C@](NC(C)=O)(C(=O)OC)[C@](O)(C(=O)OC)c1ccccc1. The summed E-state index contributed by atoms with van der Waals surface area (Å²) < 4.78 is 9.56. The maximum atomic E-state index is 12.6. The molecular formula is C17H23NO6. The van der Waals surface area contributed by atoms with E-state index in [0.29, 0.717) is 6.42 Å². The van der Waals surface area contributed by atoms with Crippen LogP contribution in [0.25, 0.3) is 0 Å². The highest BCUT2D eigenvalue weighted by atomic mass is 16.5. The highest BCUT2D eigenvalue weighted by molar-refractivity contribution is 5.97. The number of benzene rings is 1. The van der Waals surface area contributed by atoms with Gasteiger partial charge >= 0.3 is 11.9 Å². The Labute approximate surface area is 141 Å². The van der Waals surface area contributed by atoms with Gasteiger partial charge in [-0.05, 0) is 12.0 Å². The lowest BCUT2D eigenvalue weighted by atomic mass is 9.71. The third kappa shape index (κ3) is 3.26. The number of carbonyl (C=O) groups excluding carboxylic acids is 3. The second-order valence-electron chi connectivity index (χ2n) is 5.40. The zero-order valence-electron chi connectivity index (χ0n) is 14.3. The molecule has 0 aliphatic carbocycles. The topological polar surface area (TPSA) is 102 Å². The number of esters is 2. The molecule has 0 bridgehead atoms. The molecule has 1 aromatic carbocycles. The number of carbonyl (C=O) groups is 3.